The Morgan fingerprint density at radius 2 is 1.88 bits per heavy atom. The second-order valence-corrected chi connectivity index (χ2v) is 4.81. The second-order valence-electron chi connectivity index (χ2n) is 4.81. The van der Waals surface area contributed by atoms with Crippen LogP contribution in [0, 0.1) is 0 Å². The van der Waals surface area contributed by atoms with Gasteiger partial charge in [0, 0.05) is 18.6 Å². The first-order valence-corrected chi connectivity index (χ1v) is 6.90. The summed E-state index contributed by atoms with van der Waals surface area (Å²) in [5.74, 6) is 0. The van der Waals surface area contributed by atoms with E-state index in [9.17, 15) is 0 Å². The minimum absolute atomic E-state index is 0.294. The van der Waals surface area contributed by atoms with Gasteiger partial charge in [0.25, 0.3) is 0 Å². The number of nitrogens with zero attached hydrogens (tertiary/aromatic N) is 1. The zero-order chi connectivity index (χ0) is 11.8. The molecule has 96 valence electrons. The van der Waals surface area contributed by atoms with Gasteiger partial charge >= 0.3 is 0 Å². The number of rotatable bonds is 7. The van der Waals surface area contributed by atoms with Gasteiger partial charge in [-0.2, -0.15) is 0 Å². The minimum atomic E-state index is 0.294. The van der Waals surface area contributed by atoms with Crippen LogP contribution in [-0.2, 0) is 0 Å². The number of hydrogen-bond acceptors (Lipinski definition) is 3. The number of aliphatic hydroxyl groups is 1. The van der Waals surface area contributed by atoms with Crippen molar-refractivity contribution in [3.05, 3.63) is 0 Å². The summed E-state index contributed by atoms with van der Waals surface area (Å²) in [5, 5.41) is 12.6. The highest BCUT2D eigenvalue weighted by molar-refractivity contribution is 4.82. The van der Waals surface area contributed by atoms with Crippen molar-refractivity contribution >= 4 is 0 Å². The van der Waals surface area contributed by atoms with Crippen LogP contribution < -0.4 is 5.32 Å². The lowest BCUT2D eigenvalue weighted by Gasteiger charge is -2.36. The Labute approximate surface area is 100 Å². The van der Waals surface area contributed by atoms with Crippen molar-refractivity contribution in [1.29, 1.82) is 0 Å². The molecule has 3 nitrogen and oxygen atoms in total. The molecule has 0 atom stereocenters. The number of hydrogen-bond donors (Lipinski definition) is 2. The molecule has 0 aromatic carbocycles. The van der Waals surface area contributed by atoms with Crippen LogP contribution in [0.2, 0.25) is 0 Å². The van der Waals surface area contributed by atoms with Crippen LogP contribution in [0.3, 0.4) is 0 Å². The standard InChI is InChI=1S/C13H28N2O/c1-3-9-14-12-5-7-13(8-6-12)15(4-2)10-11-16/h12-14,16H,3-11H2,1-2H3. The predicted molar refractivity (Wildman–Crippen MR) is 68.7 cm³/mol. The van der Waals surface area contributed by atoms with Gasteiger partial charge < -0.3 is 10.4 Å². The Morgan fingerprint density at radius 1 is 1.19 bits per heavy atom. The van der Waals surface area contributed by atoms with Crippen molar-refractivity contribution in [3.8, 4) is 0 Å². The summed E-state index contributed by atoms with van der Waals surface area (Å²) in [6.45, 7) is 7.77. The summed E-state index contributed by atoms with van der Waals surface area (Å²) in [5.41, 5.74) is 0. The topological polar surface area (TPSA) is 35.5 Å². The van der Waals surface area contributed by atoms with Gasteiger partial charge in [-0.05, 0) is 45.2 Å². The Morgan fingerprint density at radius 3 is 2.38 bits per heavy atom. The van der Waals surface area contributed by atoms with Crippen LogP contribution in [0.1, 0.15) is 46.0 Å². The van der Waals surface area contributed by atoms with Gasteiger partial charge in [-0.25, -0.2) is 0 Å². The largest absolute Gasteiger partial charge is 0.395 e. The highest BCUT2D eigenvalue weighted by Gasteiger charge is 2.24. The molecule has 0 heterocycles. The molecule has 1 rings (SSSR count). The van der Waals surface area contributed by atoms with E-state index in [1.807, 2.05) is 0 Å². The third-order valence-corrected chi connectivity index (χ3v) is 3.69. The lowest BCUT2D eigenvalue weighted by atomic mass is 9.90. The minimum Gasteiger partial charge on any atom is -0.395 e. The summed E-state index contributed by atoms with van der Waals surface area (Å²) < 4.78 is 0. The quantitative estimate of drug-likeness (QED) is 0.695. The fraction of sp³-hybridized carbons (Fsp3) is 1.00. The summed E-state index contributed by atoms with van der Waals surface area (Å²) in [6.07, 6.45) is 6.40. The van der Waals surface area contributed by atoms with E-state index in [0.29, 0.717) is 12.6 Å². The Balaban J connectivity index is 2.24. The zero-order valence-electron chi connectivity index (χ0n) is 10.9. The molecule has 3 heteroatoms. The predicted octanol–water partition coefficient (Wildman–Crippen LogP) is 1.61. The van der Waals surface area contributed by atoms with Crippen LogP contribution in [0.15, 0.2) is 0 Å². The lowest BCUT2D eigenvalue weighted by Crippen LogP contribution is -2.43. The first-order chi connectivity index (χ1) is 7.81. The third-order valence-electron chi connectivity index (χ3n) is 3.69. The van der Waals surface area contributed by atoms with Gasteiger partial charge in [0.05, 0.1) is 6.61 Å². The third kappa shape index (κ3) is 4.40. The normalized spacial score (nSPS) is 26.2. The first kappa shape index (κ1) is 13.9. The second kappa shape index (κ2) is 8.04. The molecule has 0 saturated heterocycles. The van der Waals surface area contributed by atoms with E-state index in [4.69, 9.17) is 5.11 Å². The van der Waals surface area contributed by atoms with Crippen LogP contribution in [0.5, 0.6) is 0 Å². The van der Waals surface area contributed by atoms with Gasteiger partial charge in [0.1, 0.15) is 0 Å². The molecule has 0 radical (unpaired) electrons. The average Bonchev–Trinajstić information content (AvgIpc) is 2.34. The molecular weight excluding hydrogens is 200 g/mol. The molecule has 1 aliphatic rings. The average molecular weight is 228 g/mol. The molecule has 1 fully saturated rings. The van der Waals surface area contributed by atoms with Crippen molar-refractivity contribution in [1.82, 2.24) is 10.2 Å². The maximum Gasteiger partial charge on any atom is 0.0558 e. The fourth-order valence-corrected chi connectivity index (χ4v) is 2.72. The maximum absolute atomic E-state index is 9.01. The lowest BCUT2D eigenvalue weighted by molar-refractivity contribution is 0.121. The smallest absolute Gasteiger partial charge is 0.0558 e. The van der Waals surface area contributed by atoms with Gasteiger partial charge in [-0.15, -0.1) is 0 Å². The highest BCUT2D eigenvalue weighted by Crippen LogP contribution is 2.22. The molecule has 2 N–H and O–H groups in total. The first-order valence-electron chi connectivity index (χ1n) is 6.90. The van der Waals surface area contributed by atoms with E-state index in [2.05, 4.69) is 24.1 Å². The van der Waals surface area contributed by atoms with E-state index in [-0.39, 0.29) is 0 Å². The van der Waals surface area contributed by atoms with E-state index < -0.39 is 0 Å². The van der Waals surface area contributed by atoms with Crippen molar-refractivity contribution in [2.24, 2.45) is 0 Å². The van der Waals surface area contributed by atoms with Gasteiger partial charge in [-0.1, -0.05) is 13.8 Å². The number of aliphatic hydroxyl groups excluding tert-OH is 1. The molecule has 16 heavy (non-hydrogen) atoms. The molecule has 0 amide bonds. The molecule has 0 bridgehead atoms. The van der Waals surface area contributed by atoms with Crippen molar-refractivity contribution in [3.63, 3.8) is 0 Å². The Bertz CT molecular complexity index is 167. The van der Waals surface area contributed by atoms with Crippen molar-refractivity contribution in [2.45, 2.75) is 58.0 Å². The molecule has 0 aromatic rings. The van der Waals surface area contributed by atoms with Crippen LogP contribution in [0.25, 0.3) is 0 Å². The number of nitrogens with one attached hydrogen (secondary N) is 1. The summed E-state index contributed by atoms with van der Waals surface area (Å²) >= 11 is 0. The molecule has 0 aliphatic heterocycles. The van der Waals surface area contributed by atoms with E-state index in [1.54, 1.807) is 0 Å². The highest BCUT2D eigenvalue weighted by atomic mass is 16.3. The fourth-order valence-electron chi connectivity index (χ4n) is 2.72. The Kier molecular flexibility index (Phi) is 7.01. The van der Waals surface area contributed by atoms with Crippen molar-refractivity contribution in [2.75, 3.05) is 26.2 Å². The van der Waals surface area contributed by atoms with E-state index in [1.165, 1.54) is 32.1 Å². The summed E-state index contributed by atoms with van der Waals surface area (Å²) in [6, 6.07) is 1.45. The Hall–Kier alpha value is -0.120. The molecule has 0 aromatic heterocycles. The molecule has 1 aliphatic carbocycles. The maximum atomic E-state index is 9.01. The van der Waals surface area contributed by atoms with Gasteiger partial charge in [0.2, 0.25) is 0 Å². The monoisotopic (exact) mass is 228 g/mol. The zero-order valence-corrected chi connectivity index (χ0v) is 10.9. The summed E-state index contributed by atoms with van der Waals surface area (Å²) in [7, 11) is 0. The molecule has 1 saturated carbocycles. The van der Waals surface area contributed by atoms with Crippen molar-refractivity contribution < 1.29 is 5.11 Å². The van der Waals surface area contributed by atoms with Gasteiger partial charge in [-0.3, -0.25) is 4.90 Å². The number of likely N-dealkylation sites (N-methyl/N-ethyl adjacent to an activating group) is 1. The van der Waals surface area contributed by atoms with E-state index in [0.717, 1.165) is 25.7 Å². The summed E-state index contributed by atoms with van der Waals surface area (Å²) in [4.78, 5) is 2.43. The SMILES string of the molecule is CCCNC1CCC(N(CC)CCO)CC1. The van der Waals surface area contributed by atoms with Gasteiger partial charge in [0.15, 0.2) is 0 Å². The van der Waals surface area contributed by atoms with Crippen LogP contribution in [0.4, 0.5) is 0 Å². The molecular formula is C13H28N2O. The van der Waals surface area contributed by atoms with E-state index >= 15 is 0 Å². The molecule has 0 spiro atoms. The van der Waals surface area contributed by atoms with Crippen LogP contribution in [-0.4, -0.2) is 48.3 Å². The molecule has 0 unspecified atom stereocenters. The van der Waals surface area contributed by atoms with Crippen LogP contribution >= 0.6 is 0 Å².